The van der Waals surface area contributed by atoms with Crippen molar-refractivity contribution >= 4 is 22.8 Å². The van der Waals surface area contributed by atoms with E-state index in [1.165, 1.54) is 12.8 Å². The second-order valence-corrected chi connectivity index (χ2v) is 8.63. The van der Waals surface area contributed by atoms with Crippen molar-refractivity contribution in [3.05, 3.63) is 60.2 Å². The molecule has 2 aromatic carbocycles. The van der Waals surface area contributed by atoms with Gasteiger partial charge in [0.1, 0.15) is 11.3 Å². The highest BCUT2D eigenvalue weighted by atomic mass is 16.3. The van der Waals surface area contributed by atoms with Gasteiger partial charge in [-0.25, -0.2) is 14.8 Å². The predicted molar refractivity (Wildman–Crippen MR) is 120 cm³/mol. The first kappa shape index (κ1) is 19.0. The van der Waals surface area contributed by atoms with Gasteiger partial charge in [-0.05, 0) is 62.1 Å². The van der Waals surface area contributed by atoms with Gasteiger partial charge in [0.15, 0.2) is 17.3 Å². The lowest BCUT2D eigenvalue weighted by Gasteiger charge is -2.31. The van der Waals surface area contributed by atoms with Crippen molar-refractivity contribution in [1.82, 2.24) is 25.1 Å². The number of amides is 2. The topological polar surface area (TPSA) is 99.9 Å². The minimum Gasteiger partial charge on any atom is -0.440 e. The molecule has 1 saturated carbocycles. The molecule has 1 aliphatic heterocycles. The van der Waals surface area contributed by atoms with Gasteiger partial charge in [0, 0.05) is 30.3 Å². The molecule has 1 aliphatic carbocycles. The summed E-state index contributed by atoms with van der Waals surface area (Å²) in [6.07, 6.45) is 4.25. The molecule has 1 saturated heterocycles. The summed E-state index contributed by atoms with van der Waals surface area (Å²) >= 11 is 0. The monoisotopic (exact) mass is 428 g/mol. The van der Waals surface area contributed by atoms with Gasteiger partial charge in [-0.15, -0.1) is 0 Å². The van der Waals surface area contributed by atoms with E-state index in [0.717, 1.165) is 47.6 Å². The fourth-order valence-electron chi connectivity index (χ4n) is 4.28. The SMILES string of the molecule is O=C(Nc1ccc(-c2n[nH]c(C3CC3)n2)cc1)N1CCCC(c2nc3ccccc3o2)C1. The van der Waals surface area contributed by atoms with Gasteiger partial charge >= 0.3 is 6.03 Å². The number of rotatable bonds is 4. The van der Waals surface area contributed by atoms with Crippen LogP contribution in [0.2, 0.25) is 0 Å². The number of para-hydroxylation sites is 2. The quantitative estimate of drug-likeness (QED) is 0.481. The van der Waals surface area contributed by atoms with E-state index in [9.17, 15) is 4.79 Å². The molecule has 8 heteroatoms. The molecular formula is C24H24N6O2. The summed E-state index contributed by atoms with van der Waals surface area (Å²) in [4.78, 5) is 23.9. The van der Waals surface area contributed by atoms with Gasteiger partial charge in [-0.3, -0.25) is 5.10 Å². The fourth-order valence-corrected chi connectivity index (χ4v) is 4.28. The van der Waals surface area contributed by atoms with Crippen molar-refractivity contribution < 1.29 is 9.21 Å². The summed E-state index contributed by atoms with van der Waals surface area (Å²) in [6.45, 7) is 1.32. The molecule has 2 aromatic heterocycles. The normalized spacial score (nSPS) is 18.8. The lowest BCUT2D eigenvalue weighted by molar-refractivity contribution is 0.187. The Morgan fingerprint density at radius 2 is 1.88 bits per heavy atom. The maximum atomic E-state index is 12.9. The number of nitrogens with zero attached hydrogens (tertiary/aromatic N) is 4. The van der Waals surface area contributed by atoms with E-state index in [-0.39, 0.29) is 11.9 Å². The number of aromatic amines is 1. The largest absolute Gasteiger partial charge is 0.440 e. The van der Waals surface area contributed by atoms with E-state index < -0.39 is 0 Å². The number of H-pyrrole nitrogens is 1. The molecule has 32 heavy (non-hydrogen) atoms. The Morgan fingerprint density at radius 3 is 2.69 bits per heavy atom. The molecule has 8 nitrogen and oxygen atoms in total. The zero-order valence-corrected chi connectivity index (χ0v) is 17.6. The molecule has 6 rings (SSSR count). The molecular weight excluding hydrogens is 404 g/mol. The zero-order chi connectivity index (χ0) is 21.5. The number of fused-ring (bicyclic) bond motifs is 1. The van der Waals surface area contributed by atoms with Crippen LogP contribution >= 0.6 is 0 Å². The second-order valence-electron chi connectivity index (χ2n) is 8.63. The number of likely N-dealkylation sites (tertiary alicyclic amines) is 1. The van der Waals surface area contributed by atoms with Gasteiger partial charge in [-0.1, -0.05) is 12.1 Å². The molecule has 0 radical (unpaired) electrons. The van der Waals surface area contributed by atoms with E-state index in [2.05, 4.69) is 25.5 Å². The van der Waals surface area contributed by atoms with Crippen LogP contribution in [-0.4, -0.2) is 44.2 Å². The van der Waals surface area contributed by atoms with E-state index in [0.29, 0.717) is 24.2 Å². The number of hydrogen-bond acceptors (Lipinski definition) is 5. The standard InChI is InChI=1S/C24H24N6O2/c31-24(25-18-11-9-16(10-12-18)22-27-21(28-29-22)15-7-8-15)30-13-3-4-17(14-30)23-26-19-5-1-2-6-20(19)32-23/h1-2,5-6,9-12,15,17H,3-4,7-8,13-14H2,(H,25,31)(H,27,28,29). The first-order valence-electron chi connectivity index (χ1n) is 11.2. The van der Waals surface area contributed by atoms with E-state index in [1.54, 1.807) is 0 Å². The van der Waals surface area contributed by atoms with Crippen LogP contribution in [0.3, 0.4) is 0 Å². The van der Waals surface area contributed by atoms with Gasteiger partial charge in [0.2, 0.25) is 0 Å². The molecule has 2 N–H and O–H groups in total. The molecule has 2 amide bonds. The van der Waals surface area contributed by atoms with Crippen molar-refractivity contribution in [3.63, 3.8) is 0 Å². The summed E-state index contributed by atoms with van der Waals surface area (Å²) in [7, 11) is 0. The first-order chi connectivity index (χ1) is 15.7. The molecule has 2 aliphatic rings. The number of carbonyl (C=O) groups excluding carboxylic acids is 1. The first-order valence-corrected chi connectivity index (χ1v) is 11.2. The zero-order valence-electron chi connectivity index (χ0n) is 17.6. The van der Waals surface area contributed by atoms with E-state index in [4.69, 9.17) is 4.42 Å². The van der Waals surface area contributed by atoms with Crippen molar-refractivity contribution in [2.75, 3.05) is 18.4 Å². The summed E-state index contributed by atoms with van der Waals surface area (Å²) in [6, 6.07) is 15.3. The smallest absolute Gasteiger partial charge is 0.321 e. The number of urea groups is 1. The van der Waals surface area contributed by atoms with Gasteiger partial charge in [0.25, 0.3) is 0 Å². The predicted octanol–water partition coefficient (Wildman–Crippen LogP) is 4.90. The molecule has 162 valence electrons. The Bertz CT molecular complexity index is 1220. The number of benzene rings is 2. The summed E-state index contributed by atoms with van der Waals surface area (Å²) in [5, 5.41) is 10.4. The average Bonchev–Trinajstić information content (AvgIpc) is 3.40. The number of anilines is 1. The van der Waals surface area contributed by atoms with Crippen molar-refractivity contribution in [2.24, 2.45) is 0 Å². The van der Waals surface area contributed by atoms with Crippen LogP contribution in [0.25, 0.3) is 22.5 Å². The number of nitrogens with one attached hydrogen (secondary N) is 2. The van der Waals surface area contributed by atoms with Crippen LogP contribution < -0.4 is 5.32 Å². The third kappa shape index (κ3) is 3.72. The molecule has 2 fully saturated rings. The van der Waals surface area contributed by atoms with Crippen molar-refractivity contribution in [2.45, 2.75) is 37.5 Å². The molecule has 0 bridgehead atoms. The van der Waals surface area contributed by atoms with Crippen molar-refractivity contribution in [3.8, 4) is 11.4 Å². The van der Waals surface area contributed by atoms with E-state index in [1.807, 2.05) is 53.4 Å². The Hall–Kier alpha value is -3.68. The minimum absolute atomic E-state index is 0.104. The number of piperidine rings is 1. The Kier molecular flexibility index (Phi) is 4.63. The van der Waals surface area contributed by atoms with Crippen LogP contribution in [0, 0.1) is 0 Å². The summed E-state index contributed by atoms with van der Waals surface area (Å²) in [5.74, 6) is 3.02. The third-order valence-electron chi connectivity index (χ3n) is 6.23. The maximum absolute atomic E-state index is 12.9. The number of hydrogen-bond donors (Lipinski definition) is 2. The lowest BCUT2D eigenvalue weighted by atomic mass is 9.98. The van der Waals surface area contributed by atoms with E-state index >= 15 is 0 Å². The van der Waals surface area contributed by atoms with Crippen LogP contribution in [0.15, 0.2) is 52.9 Å². The highest BCUT2D eigenvalue weighted by Gasteiger charge is 2.29. The van der Waals surface area contributed by atoms with Crippen LogP contribution in [-0.2, 0) is 0 Å². The van der Waals surface area contributed by atoms with Crippen LogP contribution in [0.5, 0.6) is 0 Å². The van der Waals surface area contributed by atoms with Crippen molar-refractivity contribution in [1.29, 1.82) is 0 Å². The maximum Gasteiger partial charge on any atom is 0.321 e. The summed E-state index contributed by atoms with van der Waals surface area (Å²) in [5.41, 5.74) is 3.33. The highest BCUT2D eigenvalue weighted by Crippen LogP contribution is 2.38. The Morgan fingerprint density at radius 1 is 1.03 bits per heavy atom. The number of carbonyl (C=O) groups is 1. The molecule has 1 atom stereocenters. The Labute approximate surface area is 185 Å². The minimum atomic E-state index is -0.104. The van der Waals surface area contributed by atoms with Gasteiger partial charge < -0.3 is 14.6 Å². The fraction of sp³-hybridized carbons (Fsp3) is 0.333. The van der Waals surface area contributed by atoms with Crippen LogP contribution in [0.4, 0.5) is 10.5 Å². The summed E-state index contributed by atoms with van der Waals surface area (Å²) < 4.78 is 5.95. The average molecular weight is 428 g/mol. The molecule has 1 unspecified atom stereocenters. The lowest BCUT2D eigenvalue weighted by Crippen LogP contribution is -2.41. The molecule has 0 spiro atoms. The Balaban J connectivity index is 1.11. The number of oxazole rings is 1. The molecule has 3 heterocycles. The molecule has 4 aromatic rings. The second kappa shape index (κ2) is 7.78. The van der Waals surface area contributed by atoms with Gasteiger partial charge in [-0.2, -0.15) is 5.10 Å². The van der Waals surface area contributed by atoms with Crippen LogP contribution in [0.1, 0.15) is 49.2 Å². The third-order valence-corrected chi connectivity index (χ3v) is 6.23. The number of aromatic nitrogens is 4. The highest BCUT2D eigenvalue weighted by molar-refractivity contribution is 5.89. The van der Waals surface area contributed by atoms with Gasteiger partial charge in [0.05, 0.1) is 5.92 Å².